The molecule has 2 aromatic rings. The Balaban J connectivity index is 2.36. The number of aromatic nitrogens is 1. The van der Waals surface area contributed by atoms with E-state index in [9.17, 15) is 4.79 Å². The number of rotatable bonds is 4. The number of H-pyrrole nitrogens is 1. The van der Waals surface area contributed by atoms with Gasteiger partial charge >= 0.3 is 0 Å². The summed E-state index contributed by atoms with van der Waals surface area (Å²) in [6, 6.07) is 5.68. The lowest BCUT2D eigenvalue weighted by Crippen LogP contribution is -2.41. The predicted molar refractivity (Wildman–Crippen MR) is 84.2 cm³/mol. The summed E-state index contributed by atoms with van der Waals surface area (Å²) in [5.74, 6) is 0.472. The van der Waals surface area contributed by atoms with E-state index in [1.165, 1.54) is 0 Å². The number of carbonyl (C=O) groups is 1. The number of halogens is 1. The van der Waals surface area contributed by atoms with Gasteiger partial charge in [0.1, 0.15) is 0 Å². The number of aromatic amines is 1. The Morgan fingerprint density at radius 1 is 1.40 bits per heavy atom. The van der Waals surface area contributed by atoms with Crippen molar-refractivity contribution < 1.29 is 4.79 Å². The summed E-state index contributed by atoms with van der Waals surface area (Å²) >= 11 is 6.07. The van der Waals surface area contributed by atoms with Gasteiger partial charge in [-0.05, 0) is 43.5 Å². The monoisotopic (exact) mass is 292 g/mol. The van der Waals surface area contributed by atoms with Crippen LogP contribution in [-0.2, 0) is 10.2 Å². The zero-order valence-corrected chi connectivity index (χ0v) is 13.1. The Kier molecular flexibility index (Phi) is 4.09. The topological polar surface area (TPSA) is 44.9 Å². The largest absolute Gasteiger partial charge is 0.361 e. The molecule has 1 aromatic heterocycles. The molecule has 1 amide bonds. The number of amides is 1. The van der Waals surface area contributed by atoms with Crippen molar-refractivity contribution in [3.05, 3.63) is 35.0 Å². The van der Waals surface area contributed by atoms with Crippen molar-refractivity contribution in [2.24, 2.45) is 5.92 Å². The van der Waals surface area contributed by atoms with Gasteiger partial charge in [-0.25, -0.2) is 0 Å². The zero-order valence-electron chi connectivity index (χ0n) is 12.4. The number of hydrogen-bond acceptors (Lipinski definition) is 1. The molecular weight excluding hydrogens is 272 g/mol. The Hall–Kier alpha value is -1.48. The molecule has 2 N–H and O–H groups in total. The molecule has 0 fully saturated rings. The summed E-state index contributed by atoms with van der Waals surface area (Å²) < 4.78 is 0. The van der Waals surface area contributed by atoms with E-state index in [1.54, 1.807) is 0 Å². The minimum Gasteiger partial charge on any atom is -0.361 e. The molecule has 0 saturated carbocycles. The van der Waals surface area contributed by atoms with Crippen molar-refractivity contribution >= 4 is 28.4 Å². The molecule has 20 heavy (non-hydrogen) atoms. The molecule has 2 rings (SSSR count). The molecule has 1 aromatic carbocycles. The molecule has 0 saturated heterocycles. The van der Waals surface area contributed by atoms with Gasteiger partial charge in [0.2, 0.25) is 5.91 Å². The average Bonchev–Trinajstić information content (AvgIpc) is 2.79. The van der Waals surface area contributed by atoms with Gasteiger partial charge < -0.3 is 10.3 Å². The maximum atomic E-state index is 12.4. The van der Waals surface area contributed by atoms with Crippen LogP contribution in [0.25, 0.3) is 10.9 Å². The van der Waals surface area contributed by atoms with E-state index < -0.39 is 5.41 Å². The van der Waals surface area contributed by atoms with E-state index >= 15 is 0 Å². The van der Waals surface area contributed by atoms with Crippen LogP contribution in [-0.4, -0.2) is 17.4 Å². The molecule has 0 radical (unpaired) electrons. The highest BCUT2D eigenvalue weighted by Crippen LogP contribution is 2.32. The van der Waals surface area contributed by atoms with Crippen LogP contribution in [0.15, 0.2) is 24.4 Å². The number of fused-ring (bicyclic) bond motifs is 1. The third-order valence-electron chi connectivity index (χ3n) is 3.56. The molecular formula is C16H21ClN2O. The maximum absolute atomic E-state index is 12.4. The van der Waals surface area contributed by atoms with Crippen LogP contribution in [0.3, 0.4) is 0 Å². The molecule has 0 bridgehead atoms. The van der Waals surface area contributed by atoms with E-state index in [2.05, 4.69) is 24.1 Å². The highest BCUT2D eigenvalue weighted by molar-refractivity contribution is 6.31. The third-order valence-corrected chi connectivity index (χ3v) is 3.79. The van der Waals surface area contributed by atoms with Crippen molar-refractivity contribution in [2.75, 3.05) is 6.54 Å². The van der Waals surface area contributed by atoms with Gasteiger partial charge in [0.25, 0.3) is 0 Å². The van der Waals surface area contributed by atoms with E-state index in [1.807, 2.05) is 38.2 Å². The first kappa shape index (κ1) is 14.9. The number of nitrogens with one attached hydrogen (secondary N) is 2. The lowest BCUT2D eigenvalue weighted by Gasteiger charge is -2.24. The van der Waals surface area contributed by atoms with Gasteiger partial charge in [-0.2, -0.15) is 0 Å². The highest BCUT2D eigenvalue weighted by atomic mass is 35.5. The summed E-state index contributed by atoms with van der Waals surface area (Å²) in [5.41, 5.74) is 1.36. The van der Waals surface area contributed by atoms with Crippen LogP contribution >= 0.6 is 11.6 Å². The van der Waals surface area contributed by atoms with Gasteiger partial charge in [0.15, 0.2) is 0 Å². The summed E-state index contributed by atoms with van der Waals surface area (Å²) in [6.07, 6.45) is 1.90. The quantitative estimate of drug-likeness (QED) is 0.883. The van der Waals surface area contributed by atoms with Crippen LogP contribution in [0.5, 0.6) is 0 Å². The molecule has 108 valence electrons. The van der Waals surface area contributed by atoms with Gasteiger partial charge in [-0.3, -0.25) is 4.79 Å². The highest BCUT2D eigenvalue weighted by Gasteiger charge is 2.32. The SMILES string of the molecule is CC(C)CNC(=O)C(C)(C)c1c[nH]c2ccc(Cl)cc12. The van der Waals surface area contributed by atoms with Crippen LogP contribution in [0.2, 0.25) is 5.02 Å². The molecule has 4 heteroatoms. The van der Waals surface area contributed by atoms with Gasteiger partial charge in [-0.15, -0.1) is 0 Å². The second-order valence-electron chi connectivity index (χ2n) is 6.12. The van der Waals surface area contributed by atoms with Crippen LogP contribution in [0.4, 0.5) is 0 Å². The fourth-order valence-corrected chi connectivity index (χ4v) is 2.42. The molecule has 0 atom stereocenters. The third kappa shape index (κ3) is 2.83. The van der Waals surface area contributed by atoms with Gasteiger partial charge in [-0.1, -0.05) is 25.4 Å². The normalized spacial score (nSPS) is 12.1. The van der Waals surface area contributed by atoms with E-state index in [4.69, 9.17) is 11.6 Å². The molecule has 3 nitrogen and oxygen atoms in total. The van der Waals surface area contributed by atoms with Crippen molar-refractivity contribution in [3.8, 4) is 0 Å². The number of hydrogen-bond donors (Lipinski definition) is 2. The van der Waals surface area contributed by atoms with Crippen LogP contribution in [0, 0.1) is 5.92 Å². The summed E-state index contributed by atoms with van der Waals surface area (Å²) in [4.78, 5) is 15.6. The molecule has 0 aliphatic rings. The van der Waals surface area contributed by atoms with Gasteiger partial charge in [0.05, 0.1) is 5.41 Å². The second-order valence-corrected chi connectivity index (χ2v) is 6.56. The van der Waals surface area contributed by atoms with Crippen LogP contribution in [0.1, 0.15) is 33.3 Å². The van der Waals surface area contributed by atoms with E-state index in [-0.39, 0.29) is 5.91 Å². The van der Waals surface area contributed by atoms with Gasteiger partial charge in [0, 0.05) is 28.7 Å². The van der Waals surface area contributed by atoms with Crippen molar-refractivity contribution in [2.45, 2.75) is 33.1 Å². The zero-order chi connectivity index (χ0) is 14.9. The second kappa shape index (κ2) is 5.49. The molecule has 0 unspecified atom stereocenters. The summed E-state index contributed by atoms with van der Waals surface area (Å²) in [7, 11) is 0. The summed E-state index contributed by atoms with van der Waals surface area (Å²) in [5, 5.41) is 4.68. The standard InChI is InChI=1S/C16H21ClN2O/c1-10(2)8-19-15(20)16(3,4)13-9-18-14-6-5-11(17)7-12(13)14/h5-7,9-10,18H,8H2,1-4H3,(H,19,20). The lowest BCUT2D eigenvalue weighted by molar-refractivity contribution is -0.125. The summed E-state index contributed by atoms with van der Waals surface area (Å²) in [6.45, 7) is 8.72. The number of carbonyl (C=O) groups excluding carboxylic acids is 1. The smallest absolute Gasteiger partial charge is 0.230 e. The Bertz CT molecular complexity index is 628. The first-order valence-electron chi connectivity index (χ1n) is 6.87. The first-order valence-corrected chi connectivity index (χ1v) is 7.25. The molecule has 0 spiro atoms. The van der Waals surface area contributed by atoms with E-state index in [0.29, 0.717) is 17.5 Å². The van der Waals surface area contributed by atoms with Crippen molar-refractivity contribution in [3.63, 3.8) is 0 Å². The number of benzene rings is 1. The minimum absolute atomic E-state index is 0.0343. The minimum atomic E-state index is -0.599. The maximum Gasteiger partial charge on any atom is 0.230 e. The molecule has 0 aliphatic carbocycles. The Labute approximate surface area is 124 Å². The van der Waals surface area contributed by atoms with E-state index in [0.717, 1.165) is 16.5 Å². The predicted octanol–water partition coefficient (Wildman–Crippen LogP) is 3.87. The van der Waals surface area contributed by atoms with Crippen molar-refractivity contribution in [1.29, 1.82) is 0 Å². The van der Waals surface area contributed by atoms with Crippen LogP contribution < -0.4 is 5.32 Å². The fraction of sp³-hybridized carbons (Fsp3) is 0.438. The van der Waals surface area contributed by atoms with Crippen molar-refractivity contribution in [1.82, 2.24) is 10.3 Å². The molecule has 1 heterocycles. The Morgan fingerprint density at radius 2 is 2.10 bits per heavy atom. The average molecular weight is 293 g/mol. The fourth-order valence-electron chi connectivity index (χ4n) is 2.25. The first-order chi connectivity index (χ1) is 9.32. The Morgan fingerprint density at radius 3 is 2.75 bits per heavy atom. The molecule has 0 aliphatic heterocycles. The lowest BCUT2D eigenvalue weighted by atomic mass is 9.83.